The first-order chi connectivity index (χ1) is 14.7. The van der Waals surface area contributed by atoms with Crippen molar-refractivity contribution in [2.45, 2.75) is 11.8 Å². The van der Waals surface area contributed by atoms with E-state index < -0.39 is 0 Å². The van der Waals surface area contributed by atoms with Crippen molar-refractivity contribution in [3.63, 3.8) is 0 Å². The zero-order chi connectivity index (χ0) is 20.2. The monoisotopic (exact) mass is 390 g/mol. The summed E-state index contributed by atoms with van der Waals surface area (Å²) in [7, 11) is 0. The molecule has 0 spiro atoms. The van der Waals surface area contributed by atoms with E-state index in [1.807, 2.05) is 18.2 Å². The summed E-state index contributed by atoms with van der Waals surface area (Å²) in [6, 6.07) is 30.4. The van der Waals surface area contributed by atoms with Gasteiger partial charge in [0.25, 0.3) is 5.69 Å². The van der Waals surface area contributed by atoms with Crippen LogP contribution >= 0.6 is 0 Å². The summed E-state index contributed by atoms with van der Waals surface area (Å²) in [5, 5.41) is 14.9. The van der Waals surface area contributed by atoms with Gasteiger partial charge in [0, 0.05) is 23.6 Å². The fraction of sp³-hybridized carbons (Fsp3) is 0.0769. The van der Waals surface area contributed by atoms with Crippen molar-refractivity contribution >= 4 is 17.1 Å². The van der Waals surface area contributed by atoms with Crippen LogP contribution in [-0.4, -0.2) is 4.92 Å². The van der Waals surface area contributed by atoms with E-state index in [-0.39, 0.29) is 22.4 Å². The number of nitrogens with one attached hydrogen (secondary N) is 1. The third-order valence-corrected chi connectivity index (χ3v) is 6.35. The maximum absolute atomic E-state index is 11.5. The van der Waals surface area contributed by atoms with Gasteiger partial charge in [-0.05, 0) is 45.5 Å². The van der Waals surface area contributed by atoms with Crippen LogP contribution in [0.5, 0.6) is 0 Å². The van der Waals surface area contributed by atoms with Gasteiger partial charge in [-0.15, -0.1) is 0 Å². The Labute approximate surface area is 174 Å². The van der Waals surface area contributed by atoms with Crippen molar-refractivity contribution in [1.29, 1.82) is 0 Å². The van der Waals surface area contributed by atoms with Gasteiger partial charge in [0.2, 0.25) is 0 Å². The SMILES string of the molecule is O=[N+]([O-])c1ccccc1Nc1cccc2c1C1c3ccccc3C2c2ccccc21. The Morgan fingerprint density at radius 1 is 0.600 bits per heavy atom. The van der Waals surface area contributed by atoms with Crippen LogP contribution in [0.4, 0.5) is 17.1 Å². The minimum Gasteiger partial charge on any atom is -0.350 e. The Balaban J connectivity index is 1.57. The molecule has 1 N–H and O–H groups in total. The first-order valence-electron chi connectivity index (χ1n) is 10.0. The number of hydrogen-bond acceptors (Lipinski definition) is 3. The van der Waals surface area contributed by atoms with Gasteiger partial charge < -0.3 is 5.32 Å². The highest BCUT2D eigenvalue weighted by Crippen LogP contribution is 2.57. The minimum absolute atomic E-state index is 0.0804. The van der Waals surface area contributed by atoms with E-state index in [0.717, 1.165) is 5.69 Å². The van der Waals surface area contributed by atoms with Crippen LogP contribution in [0.2, 0.25) is 0 Å². The molecule has 4 aromatic rings. The number of anilines is 2. The van der Waals surface area contributed by atoms with Crippen molar-refractivity contribution in [3.05, 3.63) is 134 Å². The molecule has 3 aliphatic carbocycles. The summed E-state index contributed by atoms with van der Waals surface area (Å²) in [6.07, 6.45) is 0. The second kappa shape index (κ2) is 6.29. The number of nitro benzene ring substituents is 1. The molecule has 7 rings (SSSR count). The van der Waals surface area contributed by atoms with Crippen LogP contribution in [-0.2, 0) is 0 Å². The molecule has 3 aliphatic rings. The molecule has 4 heteroatoms. The number of rotatable bonds is 3. The largest absolute Gasteiger partial charge is 0.350 e. The Morgan fingerprint density at radius 3 is 1.73 bits per heavy atom. The molecule has 0 aliphatic heterocycles. The van der Waals surface area contributed by atoms with Crippen LogP contribution in [0, 0.1) is 10.1 Å². The quantitative estimate of drug-likeness (QED) is 0.284. The molecule has 144 valence electrons. The van der Waals surface area contributed by atoms with E-state index in [2.05, 4.69) is 59.9 Å². The van der Waals surface area contributed by atoms with Crippen molar-refractivity contribution in [3.8, 4) is 0 Å². The molecule has 0 fully saturated rings. The first-order valence-corrected chi connectivity index (χ1v) is 10.0. The number of benzene rings is 4. The predicted molar refractivity (Wildman–Crippen MR) is 118 cm³/mol. The van der Waals surface area contributed by atoms with Gasteiger partial charge >= 0.3 is 0 Å². The van der Waals surface area contributed by atoms with E-state index in [1.54, 1.807) is 12.1 Å². The second-order valence-corrected chi connectivity index (χ2v) is 7.83. The molecule has 4 nitrogen and oxygen atoms in total. The van der Waals surface area contributed by atoms with E-state index in [0.29, 0.717) is 5.69 Å². The Hall–Kier alpha value is -3.92. The maximum atomic E-state index is 11.5. The molecule has 0 saturated carbocycles. The topological polar surface area (TPSA) is 55.2 Å². The van der Waals surface area contributed by atoms with E-state index >= 15 is 0 Å². The third-order valence-electron chi connectivity index (χ3n) is 6.35. The lowest BCUT2D eigenvalue weighted by Crippen LogP contribution is -2.28. The van der Waals surface area contributed by atoms with E-state index in [9.17, 15) is 10.1 Å². The number of para-hydroxylation sites is 2. The molecular formula is C26H18N2O2. The molecule has 0 heterocycles. The van der Waals surface area contributed by atoms with Crippen LogP contribution in [0.3, 0.4) is 0 Å². The maximum Gasteiger partial charge on any atom is 0.292 e. The molecule has 0 unspecified atom stereocenters. The van der Waals surface area contributed by atoms with Crippen LogP contribution in [0.25, 0.3) is 0 Å². The van der Waals surface area contributed by atoms with Gasteiger partial charge in [0.1, 0.15) is 5.69 Å². The van der Waals surface area contributed by atoms with E-state index in [1.165, 1.54) is 39.4 Å². The average molecular weight is 390 g/mol. The zero-order valence-electron chi connectivity index (χ0n) is 16.1. The second-order valence-electron chi connectivity index (χ2n) is 7.83. The van der Waals surface area contributed by atoms with Crippen molar-refractivity contribution in [2.24, 2.45) is 0 Å². The van der Waals surface area contributed by atoms with Crippen molar-refractivity contribution < 1.29 is 4.92 Å². The number of hydrogen-bond donors (Lipinski definition) is 1. The number of nitrogens with zero attached hydrogens (tertiary/aromatic N) is 1. The van der Waals surface area contributed by atoms with Crippen LogP contribution in [0.1, 0.15) is 45.2 Å². The minimum atomic E-state index is -0.339. The van der Waals surface area contributed by atoms with Gasteiger partial charge in [0.05, 0.1) is 4.92 Å². The highest BCUT2D eigenvalue weighted by molar-refractivity contribution is 5.78. The van der Waals surface area contributed by atoms with Gasteiger partial charge in [-0.1, -0.05) is 72.8 Å². The molecule has 0 saturated heterocycles. The zero-order valence-corrected chi connectivity index (χ0v) is 16.1. The highest BCUT2D eigenvalue weighted by Gasteiger charge is 2.42. The van der Waals surface area contributed by atoms with Gasteiger partial charge in [0.15, 0.2) is 0 Å². The summed E-state index contributed by atoms with van der Waals surface area (Å²) in [5.74, 6) is 0.300. The van der Waals surface area contributed by atoms with Gasteiger partial charge in [-0.25, -0.2) is 0 Å². The molecular weight excluding hydrogens is 372 g/mol. The molecule has 0 amide bonds. The normalized spacial score (nSPS) is 17.6. The highest BCUT2D eigenvalue weighted by atomic mass is 16.6. The van der Waals surface area contributed by atoms with Crippen molar-refractivity contribution in [2.75, 3.05) is 5.32 Å². The lowest BCUT2D eigenvalue weighted by atomic mass is 9.61. The smallest absolute Gasteiger partial charge is 0.292 e. The first kappa shape index (κ1) is 17.0. The lowest BCUT2D eigenvalue weighted by molar-refractivity contribution is -0.383. The molecule has 0 aromatic heterocycles. The summed E-state index contributed by atoms with van der Waals surface area (Å²) in [4.78, 5) is 11.2. The molecule has 4 aromatic carbocycles. The Morgan fingerprint density at radius 2 is 1.10 bits per heavy atom. The summed E-state index contributed by atoms with van der Waals surface area (Å²) in [6.45, 7) is 0. The Bertz CT molecular complexity index is 1280. The third kappa shape index (κ3) is 2.28. The molecule has 30 heavy (non-hydrogen) atoms. The summed E-state index contributed by atoms with van der Waals surface area (Å²) in [5.41, 5.74) is 9.39. The predicted octanol–water partition coefficient (Wildman–Crippen LogP) is 6.33. The average Bonchev–Trinajstić information content (AvgIpc) is 2.79. The summed E-state index contributed by atoms with van der Waals surface area (Å²) >= 11 is 0. The fourth-order valence-electron chi connectivity index (χ4n) is 5.20. The molecule has 0 atom stereocenters. The van der Waals surface area contributed by atoms with Gasteiger partial charge in [-0.2, -0.15) is 0 Å². The van der Waals surface area contributed by atoms with Gasteiger partial charge in [-0.3, -0.25) is 10.1 Å². The standard InChI is InChI=1S/C26H18N2O2/c29-28(30)23-15-6-5-13-21(23)27-22-14-7-12-20-24-16-8-1-3-10-18(16)25(26(20)22)19-11-4-2-9-17(19)24/h1-15,24-25,27H. The number of nitro groups is 1. The molecule has 0 radical (unpaired) electrons. The molecule has 2 bridgehead atoms. The van der Waals surface area contributed by atoms with E-state index in [4.69, 9.17) is 0 Å². The summed E-state index contributed by atoms with van der Waals surface area (Å²) < 4.78 is 0. The van der Waals surface area contributed by atoms with Crippen LogP contribution < -0.4 is 5.32 Å². The van der Waals surface area contributed by atoms with Crippen LogP contribution in [0.15, 0.2) is 91.0 Å². The lowest BCUT2D eigenvalue weighted by Gasteiger charge is -2.43. The Kier molecular flexibility index (Phi) is 3.56. The fourth-order valence-corrected chi connectivity index (χ4v) is 5.20. The van der Waals surface area contributed by atoms with Crippen molar-refractivity contribution in [1.82, 2.24) is 0 Å².